The second-order valence-electron chi connectivity index (χ2n) is 4.06. The van der Waals surface area contributed by atoms with Crippen molar-refractivity contribution in [1.29, 1.82) is 0 Å². The summed E-state index contributed by atoms with van der Waals surface area (Å²) in [6.07, 6.45) is 4.98. The van der Waals surface area contributed by atoms with Crippen molar-refractivity contribution in [3.8, 4) is 0 Å². The molecular formula is C11H22N2O2. The minimum Gasteiger partial charge on any atom is -0.387 e. The van der Waals surface area contributed by atoms with Crippen molar-refractivity contribution in [3.05, 3.63) is 0 Å². The van der Waals surface area contributed by atoms with Crippen molar-refractivity contribution in [1.82, 2.24) is 0 Å². The monoisotopic (exact) mass is 214 g/mol. The van der Waals surface area contributed by atoms with Gasteiger partial charge in [0, 0.05) is 20.1 Å². The number of amidine groups is 1. The van der Waals surface area contributed by atoms with Crippen LogP contribution in [0.25, 0.3) is 0 Å². The molecule has 0 amide bonds. The zero-order valence-corrected chi connectivity index (χ0v) is 9.74. The summed E-state index contributed by atoms with van der Waals surface area (Å²) in [6, 6.07) is 0. The van der Waals surface area contributed by atoms with Crippen LogP contribution in [0.4, 0.5) is 0 Å². The van der Waals surface area contributed by atoms with Crippen LogP contribution in [-0.2, 0) is 9.47 Å². The minimum absolute atomic E-state index is 0.0231. The normalized spacial score (nSPS) is 20.8. The molecule has 0 saturated heterocycles. The molecule has 1 unspecified atom stereocenters. The number of rotatable bonds is 6. The van der Waals surface area contributed by atoms with Crippen molar-refractivity contribution in [2.75, 3.05) is 27.4 Å². The molecule has 1 atom stereocenters. The van der Waals surface area contributed by atoms with Gasteiger partial charge < -0.3 is 15.2 Å². The van der Waals surface area contributed by atoms with Gasteiger partial charge in [-0.25, -0.2) is 0 Å². The van der Waals surface area contributed by atoms with Crippen LogP contribution < -0.4 is 5.73 Å². The van der Waals surface area contributed by atoms with E-state index in [2.05, 4.69) is 4.99 Å². The number of hydrogen-bond acceptors (Lipinski definition) is 3. The number of nitrogens with two attached hydrogens (primary N) is 1. The van der Waals surface area contributed by atoms with Gasteiger partial charge in [-0.05, 0) is 12.8 Å². The summed E-state index contributed by atoms with van der Waals surface area (Å²) in [7, 11) is 3.33. The van der Waals surface area contributed by atoms with E-state index in [1.54, 1.807) is 14.2 Å². The van der Waals surface area contributed by atoms with Crippen LogP contribution in [0.5, 0.6) is 0 Å². The molecule has 1 rings (SSSR count). The molecule has 1 aliphatic carbocycles. The minimum atomic E-state index is 0.0231. The van der Waals surface area contributed by atoms with Gasteiger partial charge in [0.25, 0.3) is 0 Å². The quantitative estimate of drug-likeness (QED) is 0.534. The van der Waals surface area contributed by atoms with E-state index in [1.807, 2.05) is 0 Å². The summed E-state index contributed by atoms with van der Waals surface area (Å²) in [6.45, 7) is 1.17. The van der Waals surface area contributed by atoms with Crippen LogP contribution in [-0.4, -0.2) is 39.3 Å². The standard InChI is InChI=1S/C11H22N2O2/c1-14-8-10(15-2)7-13-11(12)9-5-3-4-6-9/h9-10H,3-8H2,1-2H3,(H2,12,13). The molecule has 15 heavy (non-hydrogen) atoms. The highest BCUT2D eigenvalue weighted by molar-refractivity contribution is 5.83. The molecule has 0 aromatic heterocycles. The Morgan fingerprint density at radius 1 is 1.40 bits per heavy atom. The topological polar surface area (TPSA) is 56.8 Å². The van der Waals surface area contributed by atoms with Crippen LogP contribution in [0.2, 0.25) is 0 Å². The van der Waals surface area contributed by atoms with Gasteiger partial charge in [0.2, 0.25) is 0 Å². The van der Waals surface area contributed by atoms with Crippen LogP contribution >= 0.6 is 0 Å². The summed E-state index contributed by atoms with van der Waals surface area (Å²) in [5, 5.41) is 0. The lowest BCUT2D eigenvalue weighted by Crippen LogP contribution is -2.26. The molecule has 88 valence electrons. The fraction of sp³-hybridized carbons (Fsp3) is 0.909. The van der Waals surface area contributed by atoms with E-state index < -0.39 is 0 Å². The first-order valence-corrected chi connectivity index (χ1v) is 5.59. The van der Waals surface area contributed by atoms with Crippen molar-refractivity contribution < 1.29 is 9.47 Å². The summed E-state index contributed by atoms with van der Waals surface area (Å²) in [4.78, 5) is 4.39. The van der Waals surface area contributed by atoms with Gasteiger partial charge in [-0.2, -0.15) is 0 Å². The van der Waals surface area contributed by atoms with E-state index in [0.717, 1.165) is 5.84 Å². The third-order valence-electron chi connectivity index (χ3n) is 2.94. The summed E-state index contributed by atoms with van der Waals surface area (Å²) >= 11 is 0. The Bertz CT molecular complexity index is 201. The van der Waals surface area contributed by atoms with Crippen LogP contribution in [0.15, 0.2) is 4.99 Å². The third-order valence-corrected chi connectivity index (χ3v) is 2.94. The highest BCUT2D eigenvalue weighted by Gasteiger charge is 2.18. The predicted octanol–water partition coefficient (Wildman–Crippen LogP) is 1.20. The Labute approximate surface area is 91.8 Å². The van der Waals surface area contributed by atoms with Crippen LogP contribution in [0, 0.1) is 5.92 Å². The smallest absolute Gasteiger partial charge is 0.0999 e. The van der Waals surface area contributed by atoms with Crippen molar-refractivity contribution in [2.24, 2.45) is 16.6 Å². The highest BCUT2D eigenvalue weighted by Crippen LogP contribution is 2.24. The zero-order chi connectivity index (χ0) is 11.1. The first-order valence-electron chi connectivity index (χ1n) is 5.59. The van der Waals surface area contributed by atoms with Crippen molar-refractivity contribution in [2.45, 2.75) is 31.8 Å². The van der Waals surface area contributed by atoms with Gasteiger partial charge in [0.15, 0.2) is 0 Å². The van der Waals surface area contributed by atoms with Crippen molar-refractivity contribution in [3.63, 3.8) is 0 Å². The maximum atomic E-state index is 5.93. The van der Waals surface area contributed by atoms with Crippen LogP contribution in [0.1, 0.15) is 25.7 Å². The van der Waals surface area contributed by atoms with E-state index in [9.17, 15) is 0 Å². The molecule has 0 radical (unpaired) electrons. The molecular weight excluding hydrogens is 192 g/mol. The average molecular weight is 214 g/mol. The fourth-order valence-corrected chi connectivity index (χ4v) is 1.94. The van der Waals surface area contributed by atoms with E-state index in [-0.39, 0.29) is 6.10 Å². The van der Waals surface area contributed by atoms with Gasteiger partial charge in [0.1, 0.15) is 0 Å². The number of methoxy groups -OCH3 is 2. The Morgan fingerprint density at radius 2 is 2.07 bits per heavy atom. The fourth-order valence-electron chi connectivity index (χ4n) is 1.94. The maximum Gasteiger partial charge on any atom is 0.0999 e. The average Bonchev–Trinajstić information content (AvgIpc) is 2.77. The van der Waals surface area contributed by atoms with Gasteiger partial charge in [-0.3, -0.25) is 4.99 Å². The molecule has 0 bridgehead atoms. The molecule has 0 aromatic carbocycles. The van der Waals surface area contributed by atoms with Crippen molar-refractivity contribution >= 4 is 5.84 Å². The molecule has 1 fully saturated rings. The SMILES string of the molecule is COCC(CN=C(N)C1CCCC1)OC. The lowest BCUT2D eigenvalue weighted by atomic mass is 10.1. The molecule has 4 nitrogen and oxygen atoms in total. The van der Waals surface area contributed by atoms with Gasteiger partial charge >= 0.3 is 0 Å². The van der Waals surface area contributed by atoms with Gasteiger partial charge in [-0.15, -0.1) is 0 Å². The lowest BCUT2D eigenvalue weighted by molar-refractivity contribution is 0.0343. The lowest BCUT2D eigenvalue weighted by Gasteiger charge is -2.13. The molecule has 2 N–H and O–H groups in total. The molecule has 0 aromatic rings. The Balaban J connectivity index is 2.33. The number of nitrogens with zero attached hydrogens (tertiary/aromatic N) is 1. The number of aliphatic imine (C=N–C) groups is 1. The summed E-state index contributed by atoms with van der Waals surface area (Å²) < 4.78 is 10.2. The Kier molecular flexibility index (Phi) is 5.65. The van der Waals surface area contributed by atoms with Gasteiger partial charge in [-0.1, -0.05) is 12.8 Å². The molecule has 1 aliphatic rings. The maximum absolute atomic E-state index is 5.93. The van der Waals surface area contributed by atoms with E-state index in [0.29, 0.717) is 19.1 Å². The Morgan fingerprint density at radius 3 is 2.60 bits per heavy atom. The highest BCUT2D eigenvalue weighted by atomic mass is 16.5. The predicted molar refractivity (Wildman–Crippen MR) is 61.1 cm³/mol. The van der Waals surface area contributed by atoms with E-state index in [4.69, 9.17) is 15.2 Å². The van der Waals surface area contributed by atoms with E-state index in [1.165, 1.54) is 25.7 Å². The van der Waals surface area contributed by atoms with Gasteiger partial charge in [0.05, 0.1) is 25.1 Å². The van der Waals surface area contributed by atoms with Crippen LogP contribution in [0.3, 0.4) is 0 Å². The third kappa shape index (κ3) is 4.18. The number of ether oxygens (including phenoxy) is 2. The number of hydrogen-bond donors (Lipinski definition) is 1. The summed E-state index contributed by atoms with van der Waals surface area (Å²) in [5.74, 6) is 1.30. The summed E-state index contributed by atoms with van der Waals surface area (Å²) in [5.41, 5.74) is 5.93. The molecule has 0 spiro atoms. The first kappa shape index (κ1) is 12.5. The molecule has 0 aliphatic heterocycles. The van der Waals surface area contributed by atoms with E-state index >= 15 is 0 Å². The molecule has 1 saturated carbocycles. The first-order chi connectivity index (χ1) is 7.27. The second kappa shape index (κ2) is 6.80. The Hall–Kier alpha value is -0.610. The second-order valence-corrected chi connectivity index (χ2v) is 4.06. The molecule has 0 heterocycles. The zero-order valence-electron chi connectivity index (χ0n) is 9.74. The largest absolute Gasteiger partial charge is 0.387 e. The molecule has 4 heteroatoms.